The normalized spacial score (nSPS) is 14.1. The maximum absolute atomic E-state index is 12.2. The highest BCUT2D eigenvalue weighted by molar-refractivity contribution is 9.10. The Morgan fingerprint density at radius 1 is 1.21 bits per heavy atom. The molecule has 2 amide bonds. The fourth-order valence-electron chi connectivity index (χ4n) is 2.69. The maximum Gasteiger partial charge on any atom is 0.228 e. The number of nitrogens with zero attached hydrogens (tertiary/aromatic N) is 1. The number of anilines is 2. The molecule has 1 N–H and O–H groups in total. The van der Waals surface area contributed by atoms with Crippen molar-refractivity contribution in [3.63, 3.8) is 0 Å². The van der Waals surface area contributed by atoms with Crippen LogP contribution in [0.1, 0.15) is 18.4 Å². The average Bonchev–Trinajstić information content (AvgIpc) is 2.97. The van der Waals surface area contributed by atoms with Gasteiger partial charge in [0.05, 0.1) is 17.1 Å². The van der Waals surface area contributed by atoms with E-state index in [-0.39, 0.29) is 18.2 Å². The highest BCUT2D eigenvalue weighted by Crippen LogP contribution is 2.26. The van der Waals surface area contributed by atoms with Gasteiger partial charge in [0.25, 0.3) is 0 Å². The lowest BCUT2D eigenvalue weighted by Gasteiger charge is -2.16. The summed E-state index contributed by atoms with van der Waals surface area (Å²) in [4.78, 5) is 25.7. The zero-order valence-electron chi connectivity index (χ0n) is 12.9. The topological polar surface area (TPSA) is 49.4 Å². The molecule has 0 unspecified atom stereocenters. The van der Waals surface area contributed by atoms with Gasteiger partial charge in [-0.25, -0.2) is 0 Å². The van der Waals surface area contributed by atoms with Gasteiger partial charge in [0.2, 0.25) is 11.8 Å². The summed E-state index contributed by atoms with van der Waals surface area (Å²) < 4.78 is 0.859. The molecule has 1 heterocycles. The van der Waals surface area contributed by atoms with Crippen molar-refractivity contribution < 1.29 is 9.59 Å². The Balaban J connectivity index is 1.63. The number of hydrogen-bond donors (Lipinski definition) is 1. The third-order valence-electron chi connectivity index (χ3n) is 3.89. The van der Waals surface area contributed by atoms with Crippen molar-refractivity contribution in [1.29, 1.82) is 0 Å². The summed E-state index contributed by atoms with van der Waals surface area (Å²) in [5, 5.41) is 3.29. The Kier molecular flexibility index (Phi) is 5.21. The quantitative estimate of drug-likeness (QED) is 0.816. The molecule has 1 aliphatic heterocycles. The molecule has 0 spiro atoms. The van der Waals surface area contributed by atoms with Crippen LogP contribution in [0, 0.1) is 0 Å². The van der Waals surface area contributed by atoms with Crippen molar-refractivity contribution in [2.45, 2.75) is 19.3 Å². The van der Waals surface area contributed by atoms with E-state index in [9.17, 15) is 9.59 Å². The molecule has 2 aromatic carbocycles. The monoisotopic (exact) mass is 406 g/mol. The van der Waals surface area contributed by atoms with Crippen LogP contribution in [0.2, 0.25) is 5.02 Å². The van der Waals surface area contributed by atoms with Gasteiger partial charge >= 0.3 is 0 Å². The lowest BCUT2D eigenvalue weighted by atomic mass is 10.1. The predicted molar refractivity (Wildman–Crippen MR) is 99.5 cm³/mol. The second-order valence-corrected chi connectivity index (χ2v) is 6.99. The van der Waals surface area contributed by atoms with Crippen LogP contribution < -0.4 is 10.2 Å². The molecule has 0 radical (unpaired) electrons. The number of amides is 2. The standard InChI is InChI=1S/C18H16BrClN2O2/c19-13-5-8-16(15(20)11-13)21-17(23)10-12-3-6-14(7-4-12)22-9-1-2-18(22)24/h3-8,11H,1-2,9-10H2,(H,21,23). The predicted octanol–water partition coefficient (Wildman–Crippen LogP) is 4.41. The molecule has 0 saturated carbocycles. The van der Waals surface area contributed by atoms with Crippen LogP contribution in [0.3, 0.4) is 0 Å². The zero-order chi connectivity index (χ0) is 17.1. The molecule has 1 aliphatic rings. The molecule has 1 fully saturated rings. The van der Waals surface area contributed by atoms with E-state index >= 15 is 0 Å². The molecular formula is C18H16BrClN2O2. The molecule has 3 rings (SSSR count). The van der Waals surface area contributed by atoms with E-state index in [2.05, 4.69) is 21.2 Å². The first-order valence-electron chi connectivity index (χ1n) is 7.67. The number of hydrogen-bond acceptors (Lipinski definition) is 2. The van der Waals surface area contributed by atoms with E-state index in [4.69, 9.17) is 11.6 Å². The third kappa shape index (κ3) is 3.97. The van der Waals surface area contributed by atoms with Crippen molar-refractivity contribution >= 4 is 50.7 Å². The van der Waals surface area contributed by atoms with Crippen molar-refractivity contribution in [3.05, 3.63) is 57.5 Å². The van der Waals surface area contributed by atoms with Gasteiger partial charge in [-0.3, -0.25) is 9.59 Å². The first-order valence-corrected chi connectivity index (χ1v) is 8.84. The Morgan fingerprint density at radius 3 is 2.58 bits per heavy atom. The minimum atomic E-state index is -0.135. The minimum absolute atomic E-state index is 0.135. The lowest BCUT2D eigenvalue weighted by molar-refractivity contribution is -0.117. The van der Waals surface area contributed by atoms with E-state index in [1.54, 1.807) is 17.0 Å². The molecule has 6 heteroatoms. The second-order valence-electron chi connectivity index (χ2n) is 5.66. The van der Waals surface area contributed by atoms with Crippen LogP contribution in [0.25, 0.3) is 0 Å². The van der Waals surface area contributed by atoms with E-state index < -0.39 is 0 Å². The van der Waals surface area contributed by atoms with Crippen molar-refractivity contribution in [3.8, 4) is 0 Å². The smallest absolute Gasteiger partial charge is 0.228 e. The molecule has 4 nitrogen and oxygen atoms in total. The van der Waals surface area contributed by atoms with Crippen molar-refractivity contribution in [2.75, 3.05) is 16.8 Å². The zero-order valence-corrected chi connectivity index (χ0v) is 15.2. The maximum atomic E-state index is 12.2. The molecule has 124 valence electrons. The van der Waals surface area contributed by atoms with Gasteiger partial charge in [-0.05, 0) is 42.3 Å². The summed E-state index contributed by atoms with van der Waals surface area (Å²) in [7, 11) is 0. The molecular weight excluding hydrogens is 392 g/mol. The summed E-state index contributed by atoms with van der Waals surface area (Å²) in [6.45, 7) is 0.765. The van der Waals surface area contributed by atoms with Crippen LogP contribution in [0.4, 0.5) is 11.4 Å². The van der Waals surface area contributed by atoms with Gasteiger partial charge in [-0.15, -0.1) is 0 Å². The SMILES string of the molecule is O=C(Cc1ccc(N2CCCC2=O)cc1)Nc1ccc(Br)cc1Cl. The molecule has 0 aromatic heterocycles. The summed E-state index contributed by atoms with van der Waals surface area (Å²) >= 11 is 9.43. The number of halogens is 2. The molecule has 1 saturated heterocycles. The summed E-state index contributed by atoms with van der Waals surface area (Å²) in [6, 6.07) is 12.8. The van der Waals surface area contributed by atoms with Gasteiger partial charge in [0.1, 0.15) is 0 Å². The molecule has 0 bridgehead atoms. The third-order valence-corrected chi connectivity index (χ3v) is 4.70. The van der Waals surface area contributed by atoms with Gasteiger partial charge in [-0.1, -0.05) is 39.7 Å². The van der Waals surface area contributed by atoms with Crippen LogP contribution in [0.15, 0.2) is 46.9 Å². The van der Waals surface area contributed by atoms with E-state index in [1.165, 1.54) is 0 Å². The fraction of sp³-hybridized carbons (Fsp3) is 0.222. The highest BCUT2D eigenvalue weighted by Gasteiger charge is 2.21. The molecule has 0 atom stereocenters. The van der Waals surface area contributed by atoms with Gasteiger partial charge in [-0.2, -0.15) is 0 Å². The van der Waals surface area contributed by atoms with E-state index in [1.807, 2.05) is 30.3 Å². The van der Waals surface area contributed by atoms with E-state index in [0.717, 1.165) is 28.7 Å². The van der Waals surface area contributed by atoms with Crippen LogP contribution in [-0.4, -0.2) is 18.4 Å². The Hall–Kier alpha value is -1.85. The van der Waals surface area contributed by atoms with Crippen LogP contribution in [-0.2, 0) is 16.0 Å². The summed E-state index contributed by atoms with van der Waals surface area (Å²) in [5.41, 5.74) is 2.36. The Labute approximate surface area is 153 Å². The number of benzene rings is 2. The summed E-state index contributed by atoms with van der Waals surface area (Å²) in [6.07, 6.45) is 1.76. The van der Waals surface area contributed by atoms with Crippen molar-refractivity contribution in [2.24, 2.45) is 0 Å². The lowest BCUT2D eigenvalue weighted by Crippen LogP contribution is -2.23. The number of nitrogens with one attached hydrogen (secondary N) is 1. The van der Waals surface area contributed by atoms with Crippen LogP contribution >= 0.6 is 27.5 Å². The second kappa shape index (κ2) is 7.36. The minimum Gasteiger partial charge on any atom is -0.324 e. The number of carbonyl (C=O) groups is 2. The highest BCUT2D eigenvalue weighted by atomic mass is 79.9. The first-order chi connectivity index (χ1) is 11.5. The van der Waals surface area contributed by atoms with E-state index in [0.29, 0.717) is 17.1 Å². The van der Waals surface area contributed by atoms with Crippen LogP contribution in [0.5, 0.6) is 0 Å². The van der Waals surface area contributed by atoms with Crippen molar-refractivity contribution in [1.82, 2.24) is 0 Å². The fourth-order valence-corrected chi connectivity index (χ4v) is 3.41. The number of rotatable bonds is 4. The van der Waals surface area contributed by atoms with Gasteiger partial charge < -0.3 is 10.2 Å². The molecule has 24 heavy (non-hydrogen) atoms. The number of carbonyl (C=O) groups excluding carboxylic acids is 2. The molecule has 2 aromatic rings. The largest absolute Gasteiger partial charge is 0.324 e. The van der Waals surface area contributed by atoms with Gasteiger partial charge in [0.15, 0.2) is 0 Å². The Morgan fingerprint density at radius 2 is 1.96 bits per heavy atom. The molecule has 0 aliphatic carbocycles. The summed E-state index contributed by atoms with van der Waals surface area (Å²) in [5.74, 6) is 0.0228. The average molecular weight is 408 g/mol. The van der Waals surface area contributed by atoms with Gasteiger partial charge in [0, 0.05) is 23.1 Å². The first kappa shape index (κ1) is 17.0. The Bertz CT molecular complexity index is 777.